The summed E-state index contributed by atoms with van der Waals surface area (Å²) in [6.07, 6.45) is 0.926. The molecule has 1 aliphatic heterocycles. The number of carbonyl (C=O) groups is 2. The quantitative estimate of drug-likeness (QED) is 0.570. The molecule has 2 aliphatic rings. The van der Waals surface area contributed by atoms with E-state index in [2.05, 4.69) is 0 Å². The molecule has 4 rings (SSSR count). The van der Waals surface area contributed by atoms with Gasteiger partial charge < -0.3 is 4.74 Å². The maximum atomic E-state index is 13.4. The van der Waals surface area contributed by atoms with Gasteiger partial charge in [-0.2, -0.15) is 0 Å². The van der Waals surface area contributed by atoms with Crippen LogP contribution in [0.25, 0.3) is 0 Å². The fourth-order valence-electron chi connectivity index (χ4n) is 4.55. The fourth-order valence-corrected chi connectivity index (χ4v) is 4.96. The van der Waals surface area contributed by atoms with Gasteiger partial charge in [-0.05, 0) is 48.6 Å². The Morgan fingerprint density at radius 2 is 1.77 bits per heavy atom. The molecule has 1 unspecified atom stereocenters. The maximum Gasteiger partial charge on any atom is 0.315 e. The average molecular weight is 442 g/mol. The van der Waals surface area contributed by atoms with Crippen molar-refractivity contribution in [1.82, 2.24) is 0 Å². The predicted molar refractivity (Wildman–Crippen MR) is 118 cm³/mol. The SMILES string of the molecule is COC(=O)C1C(C)=NC2=C(C(=O)C[C@H](c3ccccc3Cl)C2)[C@@H]1c1ccc(Cl)cc1. The third kappa shape index (κ3) is 3.70. The van der Waals surface area contributed by atoms with E-state index in [1.165, 1.54) is 7.11 Å². The Kier molecular flexibility index (Phi) is 5.81. The molecule has 6 heteroatoms. The monoisotopic (exact) mass is 441 g/mol. The molecule has 1 aliphatic carbocycles. The van der Waals surface area contributed by atoms with Crippen molar-refractivity contribution in [3.63, 3.8) is 0 Å². The summed E-state index contributed by atoms with van der Waals surface area (Å²) in [5.74, 6) is -1.53. The van der Waals surface area contributed by atoms with Crippen LogP contribution in [-0.2, 0) is 14.3 Å². The van der Waals surface area contributed by atoms with Crippen LogP contribution < -0.4 is 0 Å². The van der Waals surface area contributed by atoms with Gasteiger partial charge in [0.1, 0.15) is 5.92 Å². The summed E-state index contributed by atoms with van der Waals surface area (Å²) in [5.41, 5.74) is 3.77. The van der Waals surface area contributed by atoms with Crippen LogP contribution >= 0.6 is 23.2 Å². The second-order valence-corrected chi connectivity index (χ2v) is 8.54. The fraction of sp³-hybridized carbons (Fsp3) is 0.292. The Hall–Kier alpha value is -2.43. The summed E-state index contributed by atoms with van der Waals surface area (Å²) in [6.45, 7) is 1.82. The van der Waals surface area contributed by atoms with E-state index in [0.717, 1.165) is 16.8 Å². The van der Waals surface area contributed by atoms with Gasteiger partial charge in [0, 0.05) is 39.4 Å². The van der Waals surface area contributed by atoms with Crippen molar-refractivity contribution in [2.45, 2.75) is 31.6 Å². The van der Waals surface area contributed by atoms with Gasteiger partial charge in [0.15, 0.2) is 5.78 Å². The minimum absolute atomic E-state index is 0.00808. The number of esters is 1. The Morgan fingerprint density at radius 3 is 2.43 bits per heavy atom. The Morgan fingerprint density at radius 1 is 1.07 bits per heavy atom. The van der Waals surface area contributed by atoms with Gasteiger partial charge in [-0.3, -0.25) is 14.6 Å². The number of ether oxygens (including phenoxy) is 1. The molecule has 0 saturated heterocycles. The molecule has 154 valence electrons. The van der Waals surface area contributed by atoms with E-state index in [1.807, 2.05) is 43.3 Å². The normalized spacial score (nSPS) is 23.7. The van der Waals surface area contributed by atoms with Crippen molar-refractivity contribution >= 4 is 40.7 Å². The minimum Gasteiger partial charge on any atom is -0.468 e. The lowest BCUT2D eigenvalue weighted by atomic mass is 9.69. The zero-order valence-corrected chi connectivity index (χ0v) is 18.2. The number of halogens is 2. The first-order valence-electron chi connectivity index (χ1n) is 9.79. The summed E-state index contributed by atoms with van der Waals surface area (Å²) in [5, 5.41) is 1.25. The second-order valence-electron chi connectivity index (χ2n) is 7.69. The van der Waals surface area contributed by atoms with Gasteiger partial charge in [-0.25, -0.2) is 0 Å². The summed E-state index contributed by atoms with van der Waals surface area (Å²) in [7, 11) is 1.36. The molecule has 0 radical (unpaired) electrons. The summed E-state index contributed by atoms with van der Waals surface area (Å²) in [4.78, 5) is 30.8. The van der Waals surface area contributed by atoms with Crippen molar-refractivity contribution in [2.24, 2.45) is 10.9 Å². The summed E-state index contributed by atoms with van der Waals surface area (Å²) < 4.78 is 5.06. The number of nitrogens with zero attached hydrogens (tertiary/aromatic N) is 1. The molecule has 2 aromatic rings. The number of ketones is 1. The first-order chi connectivity index (χ1) is 14.4. The standard InChI is InChI=1S/C24H21Cl2NO3/c1-13-21(24(29)30-2)22(14-7-9-16(25)10-8-14)23-19(27-13)11-15(12-20(23)28)17-5-3-4-6-18(17)26/h3-10,15,21-22H,11-12H2,1-2H3/t15-,21?,22-/m1/s1. The minimum atomic E-state index is -0.643. The number of carbonyl (C=O) groups excluding carboxylic acids is 2. The van der Waals surface area contributed by atoms with Crippen molar-refractivity contribution < 1.29 is 14.3 Å². The van der Waals surface area contributed by atoms with Crippen molar-refractivity contribution in [3.05, 3.63) is 81.0 Å². The van der Waals surface area contributed by atoms with Crippen LogP contribution in [0, 0.1) is 5.92 Å². The van der Waals surface area contributed by atoms with Crippen LogP contribution in [0.4, 0.5) is 0 Å². The number of rotatable bonds is 3. The highest BCUT2D eigenvalue weighted by Gasteiger charge is 2.44. The van der Waals surface area contributed by atoms with Crippen LogP contribution in [0.3, 0.4) is 0 Å². The number of allylic oxidation sites excluding steroid dienone is 2. The van der Waals surface area contributed by atoms with E-state index in [0.29, 0.717) is 34.2 Å². The van der Waals surface area contributed by atoms with Gasteiger partial charge in [0.05, 0.1) is 7.11 Å². The molecule has 3 atom stereocenters. The molecular formula is C24H21Cl2NO3. The topological polar surface area (TPSA) is 55.7 Å². The van der Waals surface area contributed by atoms with Crippen LogP contribution in [0.2, 0.25) is 10.0 Å². The first-order valence-corrected chi connectivity index (χ1v) is 10.6. The van der Waals surface area contributed by atoms with E-state index in [-0.39, 0.29) is 11.7 Å². The third-order valence-corrected chi connectivity index (χ3v) is 6.51. The van der Waals surface area contributed by atoms with Crippen molar-refractivity contribution in [1.29, 1.82) is 0 Å². The number of hydrogen-bond acceptors (Lipinski definition) is 4. The number of Topliss-reactive ketones (excluding diaryl/α,β-unsaturated/α-hetero) is 1. The van der Waals surface area contributed by atoms with Gasteiger partial charge in [0.2, 0.25) is 0 Å². The lowest BCUT2D eigenvalue weighted by molar-refractivity contribution is -0.143. The highest BCUT2D eigenvalue weighted by atomic mass is 35.5. The molecule has 1 heterocycles. The van der Waals surface area contributed by atoms with Crippen LogP contribution in [-0.4, -0.2) is 24.6 Å². The van der Waals surface area contributed by atoms with Crippen LogP contribution in [0.15, 0.2) is 64.8 Å². The second kappa shape index (κ2) is 8.37. The Labute approximate surface area is 185 Å². The number of aliphatic imine (C=N–C) groups is 1. The van der Waals surface area contributed by atoms with Crippen molar-refractivity contribution in [2.75, 3.05) is 7.11 Å². The molecule has 4 nitrogen and oxygen atoms in total. The molecule has 30 heavy (non-hydrogen) atoms. The number of hydrogen-bond donors (Lipinski definition) is 0. The lowest BCUT2D eigenvalue weighted by Crippen LogP contribution is -2.37. The van der Waals surface area contributed by atoms with Gasteiger partial charge in [-0.1, -0.05) is 53.5 Å². The van der Waals surface area contributed by atoms with E-state index in [1.54, 1.807) is 12.1 Å². The molecule has 0 spiro atoms. The van der Waals surface area contributed by atoms with Crippen LogP contribution in [0.5, 0.6) is 0 Å². The first kappa shape index (κ1) is 20.8. The van der Waals surface area contributed by atoms with E-state index in [9.17, 15) is 9.59 Å². The molecule has 0 saturated carbocycles. The maximum absolute atomic E-state index is 13.4. The summed E-state index contributed by atoms with van der Waals surface area (Å²) >= 11 is 12.5. The number of methoxy groups -OCH3 is 1. The lowest BCUT2D eigenvalue weighted by Gasteiger charge is -2.36. The van der Waals surface area contributed by atoms with E-state index >= 15 is 0 Å². The van der Waals surface area contributed by atoms with E-state index < -0.39 is 17.8 Å². The smallest absolute Gasteiger partial charge is 0.315 e. The predicted octanol–water partition coefficient (Wildman–Crippen LogP) is 5.74. The summed E-state index contributed by atoms with van der Waals surface area (Å²) in [6, 6.07) is 14.9. The molecule has 0 bridgehead atoms. The van der Waals surface area contributed by atoms with Gasteiger partial charge >= 0.3 is 5.97 Å². The average Bonchev–Trinajstić information content (AvgIpc) is 2.73. The molecular weight excluding hydrogens is 421 g/mol. The largest absolute Gasteiger partial charge is 0.468 e. The van der Waals surface area contributed by atoms with Crippen molar-refractivity contribution in [3.8, 4) is 0 Å². The Balaban J connectivity index is 1.82. The van der Waals surface area contributed by atoms with Gasteiger partial charge in [-0.15, -0.1) is 0 Å². The van der Waals surface area contributed by atoms with E-state index in [4.69, 9.17) is 32.9 Å². The molecule has 0 fully saturated rings. The zero-order valence-electron chi connectivity index (χ0n) is 16.7. The highest BCUT2D eigenvalue weighted by molar-refractivity contribution is 6.31. The molecule has 0 aromatic heterocycles. The van der Waals surface area contributed by atoms with Crippen LogP contribution in [0.1, 0.15) is 42.7 Å². The highest BCUT2D eigenvalue weighted by Crippen LogP contribution is 2.47. The molecule has 0 amide bonds. The molecule has 0 N–H and O–H groups in total. The zero-order chi connectivity index (χ0) is 21.4. The molecule has 2 aromatic carbocycles. The Bertz CT molecular complexity index is 1070. The van der Waals surface area contributed by atoms with Gasteiger partial charge in [0.25, 0.3) is 0 Å². The number of benzene rings is 2. The third-order valence-electron chi connectivity index (χ3n) is 5.92.